The molecule has 0 aromatic carbocycles. The molecule has 0 N–H and O–H groups in total. The fraction of sp³-hybridized carbons (Fsp3) is 0.833. The molecule has 0 heterocycles. The standard InChI is InChI=1S/C6H10ClN/c1-2-3-6(7)4-5-8/h6H,2-4H2,1H3. The van der Waals surface area contributed by atoms with Gasteiger partial charge in [0.2, 0.25) is 0 Å². The second-order valence-corrected chi connectivity index (χ2v) is 2.37. The lowest BCUT2D eigenvalue weighted by Crippen LogP contribution is -1.93. The molecule has 1 atom stereocenters. The molecule has 0 spiro atoms. The summed E-state index contributed by atoms with van der Waals surface area (Å²) in [4.78, 5) is 0. The molecule has 2 heteroatoms. The molecular weight excluding hydrogens is 122 g/mol. The van der Waals surface area contributed by atoms with Crippen LogP contribution in [0.3, 0.4) is 0 Å². The van der Waals surface area contributed by atoms with Gasteiger partial charge in [0.1, 0.15) is 0 Å². The maximum atomic E-state index is 8.13. The first-order valence-electron chi connectivity index (χ1n) is 2.82. The fourth-order valence-corrected chi connectivity index (χ4v) is 0.802. The van der Waals surface area contributed by atoms with Crippen molar-refractivity contribution in [2.45, 2.75) is 31.6 Å². The molecule has 1 unspecified atom stereocenters. The van der Waals surface area contributed by atoms with E-state index in [-0.39, 0.29) is 5.38 Å². The van der Waals surface area contributed by atoms with Gasteiger partial charge in [-0.2, -0.15) is 5.26 Å². The molecule has 0 aliphatic rings. The Morgan fingerprint density at radius 3 is 2.75 bits per heavy atom. The minimum atomic E-state index is 0.0741. The molecule has 0 aliphatic carbocycles. The number of nitrogens with zero attached hydrogens (tertiary/aromatic N) is 1. The van der Waals surface area contributed by atoms with Gasteiger partial charge in [0, 0.05) is 5.38 Å². The van der Waals surface area contributed by atoms with Crippen molar-refractivity contribution in [2.75, 3.05) is 0 Å². The van der Waals surface area contributed by atoms with E-state index in [0.29, 0.717) is 6.42 Å². The van der Waals surface area contributed by atoms with Crippen LogP contribution in [-0.4, -0.2) is 5.38 Å². The smallest absolute Gasteiger partial charge is 0.0637 e. The molecular formula is C6H10ClN. The number of halogens is 1. The van der Waals surface area contributed by atoms with Crippen molar-refractivity contribution < 1.29 is 0 Å². The van der Waals surface area contributed by atoms with Crippen molar-refractivity contribution in [3.63, 3.8) is 0 Å². The molecule has 0 saturated carbocycles. The van der Waals surface area contributed by atoms with Crippen molar-refractivity contribution >= 4 is 11.6 Å². The van der Waals surface area contributed by atoms with E-state index >= 15 is 0 Å². The van der Waals surface area contributed by atoms with E-state index in [9.17, 15) is 0 Å². The Morgan fingerprint density at radius 1 is 1.75 bits per heavy atom. The zero-order valence-electron chi connectivity index (χ0n) is 5.02. The van der Waals surface area contributed by atoms with Crippen LogP contribution >= 0.6 is 11.6 Å². The summed E-state index contributed by atoms with van der Waals surface area (Å²) < 4.78 is 0. The van der Waals surface area contributed by atoms with Gasteiger partial charge in [0.15, 0.2) is 0 Å². The zero-order valence-corrected chi connectivity index (χ0v) is 5.78. The van der Waals surface area contributed by atoms with Gasteiger partial charge in [0.05, 0.1) is 12.5 Å². The van der Waals surface area contributed by atoms with Gasteiger partial charge in [-0.05, 0) is 6.42 Å². The van der Waals surface area contributed by atoms with Crippen LogP contribution in [0.4, 0.5) is 0 Å². The van der Waals surface area contributed by atoms with E-state index in [1.165, 1.54) is 0 Å². The first kappa shape index (κ1) is 7.78. The highest BCUT2D eigenvalue weighted by molar-refractivity contribution is 6.20. The molecule has 8 heavy (non-hydrogen) atoms. The van der Waals surface area contributed by atoms with E-state index in [4.69, 9.17) is 16.9 Å². The Labute approximate surface area is 55.3 Å². The summed E-state index contributed by atoms with van der Waals surface area (Å²) in [5.74, 6) is 0. The van der Waals surface area contributed by atoms with E-state index in [1.807, 2.05) is 6.07 Å². The van der Waals surface area contributed by atoms with Crippen LogP contribution in [0.25, 0.3) is 0 Å². The predicted octanol–water partition coefficient (Wildman–Crippen LogP) is 2.31. The molecule has 0 bridgehead atoms. The van der Waals surface area contributed by atoms with Gasteiger partial charge in [-0.25, -0.2) is 0 Å². The van der Waals surface area contributed by atoms with E-state index in [0.717, 1.165) is 12.8 Å². The van der Waals surface area contributed by atoms with Gasteiger partial charge in [0.25, 0.3) is 0 Å². The van der Waals surface area contributed by atoms with Crippen LogP contribution in [-0.2, 0) is 0 Å². The Kier molecular flexibility index (Phi) is 4.79. The first-order valence-corrected chi connectivity index (χ1v) is 3.26. The third-order valence-electron chi connectivity index (χ3n) is 0.915. The lowest BCUT2D eigenvalue weighted by molar-refractivity contribution is 0.742. The number of hydrogen-bond donors (Lipinski definition) is 0. The Bertz CT molecular complexity index is 85.0. The predicted molar refractivity (Wildman–Crippen MR) is 34.8 cm³/mol. The monoisotopic (exact) mass is 131 g/mol. The van der Waals surface area contributed by atoms with Crippen molar-refractivity contribution in [1.82, 2.24) is 0 Å². The number of nitriles is 1. The molecule has 0 amide bonds. The van der Waals surface area contributed by atoms with E-state index < -0.39 is 0 Å². The summed E-state index contributed by atoms with van der Waals surface area (Å²) >= 11 is 5.66. The van der Waals surface area contributed by atoms with Gasteiger partial charge in [-0.15, -0.1) is 11.6 Å². The van der Waals surface area contributed by atoms with Gasteiger partial charge in [-0.1, -0.05) is 13.3 Å². The molecule has 1 nitrogen and oxygen atoms in total. The van der Waals surface area contributed by atoms with Crippen molar-refractivity contribution in [2.24, 2.45) is 0 Å². The Balaban J connectivity index is 3.08. The lowest BCUT2D eigenvalue weighted by Gasteiger charge is -1.98. The quantitative estimate of drug-likeness (QED) is 0.540. The summed E-state index contributed by atoms with van der Waals surface area (Å²) in [6.45, 7) is 2.06. The highest BCUT2D eigenvalue weighted by atomic mass is 35.5. The van der Waals surface area contributed by atoms with E-state index in [1.54, 1.807) is 0 Å². The van der Waals surface area contributed by atoms with Crippen LogP contribution in [0.1, 0.15) is 26.2 Å². The largest absolute Gasteiger partial charge is 0.198 e. The summed E-state index contributed by atoms with van der Waals surface area (Å²) in [7, 11) is 0. The summed E-state index contributed by atoms with van der Waals surface area (Å²) in [5, 5.41) is 8.20. The molecule has 0 aromatic heterocycles. The molecule has 0 radical (unpaired) electrons. The van der Waals surface area contributed by atoms with Gasteiger partial charge in [-0.3, -0.25) is 0 Å². The van der Waals surface area contributed by atoms with Gasteiger partial charge < -0.3 is 0 Å². The van der Waals surface area contributed by atoms with Gasteiger partial charge >= 0.3 is 0 Å². The topological polar surface area (TPSA) is 23.8 Å². The Morgan fingerprint density at radius 2 is 2.38 bits per heavy atom. The minimum Gasteiger partial charge on any atom is -0.198 e. The minimum absolute atomic E-state index is 0.0741. The highest BCUT2D eigenvalue weighted by Gasteiger charge is 1.99. The molecule has 0 aliphatic heterocycles. The molecule has 46 valence electrons. The third kappa shape index (κ3) is 3.95. The normalized spacial score (nSPS) is 12.6. The summed E-state index contributed by atoms with van der Waals surface area (Å²) in [5.41, 5.74) is 0. The second kappa shape index (κ2) is 4.93. The van der Waals surface area contributed by atoms with Crippen LogP contribution in [0.2, 0.25) is 0 Å². The fourth-order valence-electron chi connectivity index (χ4n) is 0.514. The van der Waals surface area contributed by atoms with Crippen LogP contribution < -0.4 is 0 Å². The van der Waals surface area contributed by atoms with Crippen molar-refractivity contribution in [3.8, 4) is 6.07 Å². The molecule has 0 saturated heterocycles. The van der Waals surface area contributed by atoms with E-state index in [2.05, 4.69) is 6.92 Å². The number of hydrogen-bond acceptors (Lipinski definition) is 1. The van der Waals surface area contributed by atoms with Crippen LogP contribution in [0.5, 0.6) is 0 Å². The average molecular weight is 132 g/mol. The van der Waals surface area contributed by atoms with Crippen LogP contribution in [0.15, 0.2) is 0 Å². The number of alkyl halides is 1. The Hall–Kier alpha value is -0.220. The molecule has 0 fully saturated rings. The highest BCUT2D eigenvalue weighted by Crippen LogP contribution is 2.07. The number of rotatable bonds is 3. The summed E-state index contributed by atoms with van der Waals surface area (Å²) in [6, 6.07) is 2.02. The third-order valence-corrected chi connectivity index (χ3v) is 1.29. The maximum absolute atomic E-state index is 8.13. The maximum Gasteiger partial charge on any atom is 0.0637 e. The van der Waals surface area contributed by atoms with Crippen LogP contribution in [0, 0.1) is 11.3 Å². The second-order valence-electron chi connectivity index (χ2n) is 1.75. The lowest BCUT2D eigenvalue weighted by atomic mass is 10.2. The molecule has 0 aromatic rings. The van der Waals surface area contributed by atoms with Crippen molar-refractivity contribution in [3.05, 3.63) is 0 Å². The van der Waals surface area contributed by atoms with Crippen molar-refractivity contribution in [1.29, 1.82) is 5.26 Å². The average Bonchev–Trinajstić information content (AvgIpc) is 1.68. The summed E-state index contributed by atoms with van der Waals surface area (Å²) in [6.07, 6.45) is 2.50. The first-order chi connectivity index (χ1) is 3.81. The SMILES string of the molecule is CCCC(Cl)CC#N. The molecule has 0 rings (SSSR count). The zero-order chi connectivity index (χ0) is 6.41.